The first-order valence-corrected chi connectivity index (χ1v) is 5.58. The molecule has 0 unspecified atom stereocenters. The van der Waals surface area contributed by atoms with E-state index >= 15 is 0 Å². The standard InChI is InChI=1S/C14H15N3O/c1-9-2-4-13(5-3-9)17-14(18)10-6-11(15)8-12(16)7-10/h2-8H,15-16H2,1H3,(H,17,18). The Balaban J connectivity index is 2.19. The summed E-state index contributed by atoms with van der Waals surface area (Å²) in [6, 6.07) is 12.4. The first-order valence-electron chi connectivity index (χ1n) is 5.58. The molecule has 0 bridgehead atoms. The summed E-state index contributed by atoms with van der Waals surface area (Å²) in [5.74, 6) is -0.224. The first kappa shape index (κ1) is 12.0. The smallest absolute Gasteiger partial charge is 0.255 e. The third-order valence-corrected chi connectivity index (χ3v) is 2.55. The highest BCUT2D eigenvalue weighted by Crippen LogP contribution is 2.16. The van der Waals surface area contributed by atoms with Gasteiger partial charge >= 0.3 is 0 Å². The van der Waals surface area contributed by atoms with Crippen molar-refractivity contribution in [3.63, 3.8) is 0 Å². The minimum atomic E-state index is -0.224. The number of nitrogen functional groups attached to an aromatic ring is 2. The van der Waals surface area contributed by atoms with Crippen LogP contribution in [0, 0.1) is 6.92 Å². The zero-order valence-electron chi connectivity index (χ0n) is 10.1. The maximum Gasteiger partial charge on any atom is 0.255 e. The molecule has 2 aromatic carbocycles. The van der Waals surface area contributed by atoms with Crippen molar-refractivity contribution in [2.75, 3.05) is 16.8 Å². The molecule has 2 aromatic rings. The van der Waals surface area contributed by atoms with Gasteiger partial charge in [0.05, 0.1) is 0 Å². The van der Waals surface area contributed by atoms with Crippen LogP contribution in [-0.4, -0.2) is 5.91 Å². The summed E-state index contributed by atoms with van der Waals surface area (Å²) >= 11 is 0. The predicted octanol–water partition coefficient (Wildman–Crippen LogP) is 2.41. The Bertz CT molecular complexity index is 556. The number of rotatable bonds is 2. The van der Waals surface area contributed by atoms with E-state index in [9.17, 15) is 4.79 Å². The van der Waals surface area contributed by atoms with Crippen LogP contribution in [0.4, 0.5) is 17.1 Å². The van der Waals surface area contributed by atoms with Crippen LogP contribution in [0.2, 0.25) is 0 Å². The highest BCUT2D eigenvalue weighted by molar-refractivity contribution is 6.05. The fraction of sp³-hybridized carbons (Fsp3) is 0.0714. The third-order valence-electron chi connectivity index (χ3n) is 2.55. The molecular weight excluding hydrogens is 226 g/mol. The molecule has 0 heterocycles. The predicted molar refractivity (Wildman–Crippen MR) is 74.4 cm³/mol. The van der Waals surface area contributed by atoms with E-state index in [2.05, 4.69) is 5.32 Å². The Morgan fingerprint density at radius 3 is 2.11 bits per heavy atom. The minimum absolute atomic E-state index is 0.224. The number of hydrogen-bond donors (Lipinski definition) is 3. The van der Waals surface area contributed by atoms with E-state index in [0.717, 1.165) is 11.3 Å². The van der Waals surface area contributed by atoms with Crippen molar-refractivity contribution >= 4 is 23.0 Å². The van der Waals surface area contributed by atoms with Gasteiger partial charge in [0.1, 0.15) is 0 Å². The number of amides is 1. The number of benzene rings is 2. The maximum absolute atomic E-state index is 12.0. The topological polar surface area (TPSA) is 81.1 Å². The van der Waals surface area contributed by atoms with Crippen LogP contribution in [0.5, 0.6) is 0 Å². The van der Waals surface area contributed by atoms with Crippen LogP contribution < -0.4 is 16.8 Å². The second-order valence-corrected chi connectivity index (χ2v) is 4.21. The molecule has 5 N–H and O–H groups in total. The van der Waals surface area contributed by atoms with Crippen molar-refractivity contribution < 1.29 is 4.79 Å². The number of hydrogen-bond acceptors (Lipinski definition) is 3. The quantitative estimate of drug-likeness (QED) is 0.706. The molecule has 0 spiro atoms. The van der Waals surface area contributed by atoms with Crippen molar-refractivity contribution in [1.82, 2.24) is 0 Å². The monoisotopic (exact) mass is 241 g/mol. The number of anilines is 3. The molecule has 0 aromatic heterocycles. The van der Waals surface area contributed by atoms with Gasteiger partial charge in [0.15, 0.2) is 0 Å². The van der Waals surface area contributed by atoms with Gasteiger partial charge in [-0.3, -0.25) is 4.79 Å². The van der Waals surface area contributed by atoms with Gasteiger partial charge in [-0.15, -0.1) is 0 Å². The molecule has 0 radical (unpaired) electrons. The Hall–Kier alpha value is -2.49. The summed E-state index contributed by atoms with van der Waals surface area (Å²) in [5.41, 5.74) is 14.6. The summed E-state index contributed by atoms with van der Waals surface area (Å²) in [7, 11) is 0. The van der Waals surface area contributed by atoms with Crippen LogP contribution in [-0.2, 0) is 0 Å². The molecule has 0 aliphatic rings. The highest BCUT2D eigenvalue weighted by Gasteiger charge is 2.07. The first-order chi connectivity index (χ1) is 8.54. The maximum atomic E-state index is 12.0. The Labute approximate surface area is 106 Å². The summed E-state index contributed by atoms with van der Waals surface area (Å²) in [4.78, 5) is 12.0. The summed E-state index contributed by atoms with van der Waals surface area (Å²) in [6.07, 6.45) is 0. The largest absolute Gasteiger partial charge is 0.399 e. The minimum Gasteiger partial charge on any atom is -0.399 e. The molecule has 0 saturated carbocycles. The van der Waals surface area contributed by atoms with Gasteiger partial charge in [-0.05, 0) is 37.3 Å². The normalized spacial score (nSPS) is 10.1. The molecule has 0 fully saturated rings. The molecular formula is C14H15N3O. The fourth-order valence-electron chi connectivity index (χ4n) is 1.65. The van der Waals surface area contributed by atoms with Crippen molar-refractivity contribution in [3.05, 3.63) is 53.6 Å². The molecule has 4 heteroatoms. The van der Waals surface area contributed by atoms with Crippen molar-refractivity contribution in [2.45, 2.75) is 6.92 Å². The van der Waals surface area contributed by atoms with Gasteiger partial charge in [-0.1, -0.05) is 17.7 Å². The summed E-state index contributed by atoms with van der Waals surface area (Å²) in [5, 5.41) is 2.79. The van der Waals surface area contributed by atoms with Gasteiger partial charge in [-0.25, -0.2) is 0 Å². The second-order valence-electron chi connectivity index (χ2n) is 4.21. The zero-order valence-corrected chi connectivity index (χ0v) is 10.1. The lowest BCUT2D eigenvalue weighted by atomic mass is 10.1. The molecule has 92 valence electrons. The zero-order chi connectivity index (χ0) is 13.1. The number of nitrogens with one attached hydrogen (secondary N) is 1. The highest BCUT2D eigenvalue weighted by atomic mass is 16.1. The Morgan fingerprint density at radius 2 is 1.56 bits per heavy atom. The summed E-state index contributed by atoms with van der Waals surface area (Å²) in [6.45, 7) is 1.99. The van der Waals surface area contributed by atoms with E-state index in [1.54, 1.807) is 18.2 Å². The molecule has 2 rings (SSSR count). The molecule has 0 atom stereocenters. The third kappa shape index (κ3) is 2.79. The van der Waals surface area contributed by atoms with Gasteiger partial charge in [0.25, 0.3) is 5.91 Å². The van der Waals surface area contributed by atoms with Crippen LogP contribution in [0.15, 0.2) is 42.5 Å². The lowest BCUT2D eigenvalue weighted by molar-refractivity contribution is 0.102. The summed E-state index contributed by atoms with van der Waals surface area (Å²) < 4.78 is 0. The molecule has 18 heavy (non-hydrogen) atoms. The van der Waals surface area contributed by atoms with Crippen molar-refractivity contribution in [3.8, 4) is 0 Å². The van der Waals surface area contributed by atoms with Crippen LogP contribution in [0.25, 0.3) is 0 Å². The van der Waals surface area contributed by atoms with Crippen LogP contribution >= 0.6 is 0 Å². The average Bonchev–Trinajstić information content (AvgIpc) is 2.31. The number of carbonyl (C=O) groups is 1. The van der Waals surface area contributed by atoms with E-state index < -0.39 is 0 Å². The molecule has 0 aliphatic heterocycles. The molecule has 0 aliphatic carbocycles. The Kier molecular flexibility index (Phi) is 3.19. The van der Waals surface area contributed by atoms with Gasteiger partial charge in [0, 0.05) is 22.6 Å². The average molecular weight is 241 g/mol. The fourth-order valence-corrected chi connectivity index (χ4v) is 1.65. The van der Waals surface area contributed by atoms with Gasteiger partial charge in [-0.2, -0.15) is 0 Å². The molecule has 1 amide bonds. The van der Waals surface area contributed by atoms with Crippen molar-refractivity contribution in [2.24, 2.45) is 0 Å². The second kappa shape index (κ2) is 4.79. The number of nitrogens with two attached hydrogens (primary N) is 2. The Morgan fingerprint density at radius 1 is 1.00 bits per heavy atom. The van der Waals surface area contributed by atoms with E-state index in [1.807, 2.05) is 31.2 Å². The van der Waals surface area contributed by atoms with E-state index in [0.29, 0.717) is 16.9 Å². The number of aryl methyl sites for hydroxylation is 1. The van der Waals surface area contributed by atoms with Crippen molar-refractivity contribution in [1.29, 1.82) is 0 Å². The van der Waals surface area contributed by atoms with E-state index in [4.69, 9.17) is 11.5 Å². The van der Waals surface area contributed by atoms with Gasteiger partial charge in [0.2, 0.25) is 0 Å². The molecule has 0 saturated heterocycles. The molecule has 4 nitrogen and oxygen atoms in total. The lowest BCUT2D eigenvalue weighted by Crippen LogP contribution is -2.12. The van der Waals surface area contributed by atoms with Gasteiger partial charge < -0.3 is 16.8 Å². The SMILES string of the molecule is Cc1ccc(NC(=O)c2cc(N)cc(N)c2)cc1. The number of carbonyl (C=O) groups excluding carboxylic acids is 1. The van der Waals surface area contributed by atoms with E-state index in [1.165, 1.54) is 0 Å². The van der Waals surface area contributed by atoms with Crippen LogP contribution in [0.1, 0.15) is 15.9 Å². The lowest BCUT2D eigenvalue weighted by Gasteiger charge is -2.07. The van der Waals surface area contributed by atoms with E-state index in [-0.39, 0.29) is 5.91 Å². The van der Waals surface area contributed by atoms with Crippen LogP contribution in [0.3, 0.4) is 0 Å².